The van der Waals surface area contributed by atoms with Gasteiger partial charge >= 0.3 is 0 Å². The van der Waals surface area contributed by atoms with Crippen molar-refractivity contribution in [1.29, 1.82) is 0 Å². The minimum absolute atomic E-state index is 0.0704. The van der Waals surface area contributed by atoms with Crippen molar-refractivity contribution >= 4 is 0 Å². The summed E-state index contributed by atoms with van der Waals surface area (Å²) in [5.74, 6) is 0.617. The summed E-state index contributed by atoms with van der Waals surface area (Å²) < 4.78 is 15.4. The summed E-state index contributed by atoms with van der Waals surface area (Å²) in [6.45, 7) is 0.228. The van der Waals surface area contributed by atoms with E-state index in [1.165, 1.54) is 12.5 Å². The number of nitrogens with zero attached hydrogens (tertiary/aromatic N) is 1. The molecular weight excluding hydrogens is 198 g/mol. The van der Waals surface area contributed by atoms with E-state index in [1.807, 2.05) is 0 Å². The summed E-state index contributed by atoms with van der Waals surface area (Å²) in [5.41, 5.74) is 0.609. The van der Waals surface area contributed by atoms with Gasteiger partial charge in [-0.05, 0) is 12.1 Å². The highest BCUT2D eigenvalue weighted by molar-refractivity contribution is 5.19. The Morgan fingerprint density at radius 3 is 2.73 bits per heavy atom. The number of aliphatic hydroxyl groups is 1. The van der Waals surface area contributed by atoms with E-state index in [0.29, 0.717) is 18.1 Å². The van der Waals surface area contributed by atoms with Crippen LogP contribution in [0.15, 0.2) is 30.9 Å². The molecule has 0 amide bonds. The summed E-state index contributed by atoms with van der Waals surface area (Å²) >= 11 is 0. The van der Waals surface area contributed by atoms with Crippen LogP contribution < -0.4 is 4.74 Å². The predicted molar refractivity (Wildman–Crippen MR) is 50.8 cm³/mol. The van der Waals surface area contributed by atoms with Crippen molar-refractivity contribution in [3.63, 3.8) is 0 Å². The number of aromatic nitrogens is 1. The topological polar surface area (TPSA) is 60.8 Å². The van der Waals surface area contributed by atoms with Gasteiger partial charge in [-0.15, -0.1) is 0 Å². The number of aliphatic hydroxyl groups excluding tert-OH is 1. The van der Waals surface area contributed by atoms with Crippen molar-refractivity contribution in [2.45, 2.75) is 12.9 Å². The zero-order valence-electron chi connectivity index (χ0n) is 8.00. The molecule has 1 aromatic rings. The maximum absolute atomic E-state index is 8.78. The van der Waals surface area contributed by atoms with E-state index in [0.717, 1.165) is 0 Å². The summed E-state index contributed by atoms with van der Waals surface area (Å²) in [7, 11) is 0. The van der Waals surface area contributed by atoms with E-state index in [1.54, 1.807) is 18.3 Å². The Morgan fingerprint density at radius 1 is 1.33 bits per heavy atom. The molecule has 0 spiro atoms. The lowest BCUT2D eigenvalue weighted by molar-refractivity contribution is -0.0521. The third-order valence-corrected chi connectivity index (χ3v) is 1.86. The van der Waals surface area contributed by atoms with Crippen LogP contribution in [0.4, 0.5) is 0 Å². The van der Waals surface area contributed by atoms with Crippen molar-refractivity contribution in [1.82, 2.24) is 4.98 Å². The van der Waals surface area contributed by atoms with Gasteiger partial charge in [0.2, 0.25) is 0 Å². The number of rotatable bonds is 4. The van der Waals surface area contributed by atoms with Crippen LogP contribution in [0.1, 0.15) is 5.69 Å². The second kappa shape index (κ2) is 4.65. The second-order valence-corrected chi connectivity index (χ2v) is 2.93. The van der Waals surface area contributed by atoms with Gasteiger partial charge in [0.25, 0.3) is 6.29 Å². The first-order chi connectivity index (χ1) is 7.38. The molecule has 0 radical (unpaired) electrons. The van der Waals surface area contributed by atoms with Gasteiger partial charge in [0.15, 0.2) is 6.61 Å². The minimum Gasteiger partial charge on any atom is -0.484 e. The zero-order valence-corrected chi connectivity index (χ0v) is 8.00. The summed E-state index contributed by atoms with van der Waals surface area (Å²) in [5, 5.41) is 8.78. The fourth-order valence-electron chi connectivity index (χ4n) is 1.10. The number of pyridine rings is 1. The van der Waals surface area contributed by atoms with Gasteiger partial charge in [-0.3, -0.25) is 4.98 Å². The lowest BCUT2D eigenvalue weighted by Crippen LogP contribution is -2.18. The molecule has 5 heteroatoms. The molecule has 0 fully saturated rings. The van der Waals surface area contributed by atoms with Crippen LogP contribution in [0.2, 0.25) is 0 Å². The molecule has 0 saturated heterocycles. The molecule has 1 N–H and O–H groups in total. The number of hydrogen-bond acceptors (Lipinski definition) is 5. The van der Waals surface area contributed by atoms with Gasteiger partial charge in [0, 0.05) is 0 Å². The molecule has 0 bridgehead atoms. The Kier molecular flexibility index (Phi) is 3.04. The highest BCUT2D eigenvalue weighted by Crippen LogP contribution is 2.12. The fraction of sp³-hybridized carbons (Fsp3) is 0.300. The van der Waals surface area contributed by atoms with Gasteiger partial charge in [-0.1, -0.05) is 0 Å². The Bertz CT molecular complexity index is 328. The summed E-state index contributed by atoms with van der Waals surface area (Å²) in [6, 6.07) is 3.44. The van der Waals surface area contributed by atoms with Gasteiger partial charge in [0.05, 0.1) is 18.5 Å². The van der Waals surface area contributed by atoms with Crippen molar-refractivity contribution in [3.05, 3.63) is 36.5 Å². The van der Waals surface area contributed by atoms with E-state index in [-0.39, 0.29) is 12.9 Å². The molecule has 0 aliphatic carbocycles. The van der Waals surface area contributed by atoms with Crippen LogP contribution in [-0.2, 0) is 16.1 Å². The van der Waals surface area contributed by atoms with Gasteiger partial charge in [-0.2, -0.15) is 0 Å². The third-order valence-electron chi connectivity index (χ3n) is 1.86. The molecular formula is C10H11NO4. The fourth-order valence-corrected chi connectivity index (χ4v) is 1.10. The van der Waals surface area contributed by atoms with Gasteiger partial charge in [0.1, 0.15) is 18.3 Å². The quantitative estimate of drug-likeness (QED) is 0.794. The molecule has 1 aliphatic rings. The largest absolute Gasteiger partial charge is 0.484 e. The maximum atomic E-state index is 8.78. The normalized spacial score (nSPS) is 14.7. The van der Waals surface area contributed by atoms with Gasteiger partial charge in [-0.25, -0.2) is 0 Å². The highest BCUT2D eigenvalue weighted by Gasteiger charge is 2.12. The Morgan fingerprint density at radius 2 is 2.13 bits per heavy atom. The average molecular weight is 209 g/mol. The number of ether oxygens (including phenoxy) is 3. The standard InChI is InChI=1S/C10H11NO4/c12-6-8-1-2-9(5-11-8)15-7-10-13-3-4-14-10/h1-5,10,12H,6-7H2. The van der Waals surface area contributed by atoms with Crippen LogP contribution in [0.3, 0.4) is 0 Å². The first-order valence-corrected chi connectivity index (χ1v) is 4.53. The SMILES string of the molecule is OCc1ccc(OCC2OC=CO2)cn1. The Hall–Kier alpha value is -1.75. The molecule has 1 aliphatic heterocycles. The first-order valence-electron chi connectivity index (χ1n) is 4.53. The van der Waals surface area contributed by atoms with Crippen molar-refractivity contribution < 1.29 is 19.3 Å². The van der Waals surface area contributed by atoms with E-state index < -0.39 is 0 Å². The van der Waals surface area contributed by atoms with Crippen molar-refractivity contribution in [2.24, 2.45) is 0 Å². The first kappa shape index (κ1) is 9.79. The molecule has 2 rings (SSSR count). The molecule has 1 aromatic heterocycles. The maximum Gasteiger partial charge on any atom is 0.273 e. The molecule has 0 saturated carbocycles. The average Bonchev–Trinajstić information content (AvgIpc) is 2.80. The predicted octanol–water partition coefficient (Wildman–Crippen LogP) is 0.797. The van der Waals surface area contributed by atoms with Crippen molar-refractivity contribution in [2.75, 3.05) is 6.61 Å². The second-order valence-electron chi connectivity index (χ2n) is 2.93. The van der Waals surface area contributed by atoms with E-state index in [4.69, 9.17) is 19.3 Å². The van der Waals surface area contributed by atoms with E-state index >= 15 is 0 Å². The molecule has 80 valence electrons. The summed E-state index contributed by atoms with van der Waals surface area (Å²) in [4.78, 5) is 3.97. The Balaban J connectivity index is 1.82. The lowest BCUT2D eigenvalue weighted by atomic mass is 10.3. The van der Waals surface area contributed by atoms with Gasteiger partial charge < -0.3 is 19.3 Å². The van der Waals surface area contributed by atoms with E-state index in [2.05, 4.69) is 4.98 Å². The van der Waals surface area contributed by atoms with Crippen LogP contribution in [0.25, 0.3) is 0 Å². The van der Waals surface area contributed by atoms with Crippen LogP contribution >= 0.6 is 0 Å². The molecule has 0 unspecified atom stereocenters. The highest BCUT2D eigenvalue weighted by atomic mass is 16.7. The molecule has 2 heterocycles. The monoisotopic (exact) mass is 209 g/mol. The third kappa shape index (κ3) is 2.60. The smallest absolute Gasteiger partial charge is 0.273 e. The van der Waals surface area contributed by atoms with Crippen molar-refractivity contribution in [3.8, 4) is 5.75 Å². The Labute approximate surface area is 86.9 Å². The van der Waals surface area contributed by atoms with Crippen LogP contribution in [0.5, 0.6) is 5.75 Å². The van der Waals surface area contributed by atoms with Crippen LogP contribution in [-0.4, -0.2) is 23.0 Å². The number of hydrogen-bond donors (Lipinski definition) is 1. The zero-order chi connectivity index (χ0) is 10.5. The molecule has 0 aromatic carbocycles. The van der Waals surface area contributed by atoms with E-state index in [9.17, 15) is 0 Å². The molecule has 15 heavy (non-hydrogen) atoms. The van der Waals surface area contributed by atoms with Crippen LogP contribution in [0, 0.1) is 0 Å². The molecule has 0 atom stereocenters. The molecule has 5 nitrogen and oxygen atoms in total. The lowest BCUT2D eigenvalue weighted by Gasteiger charge is -2.11. The summed E-state index contributed by atoms with van der Waals surface area (Å²) in [6.07, 6.45) is 4.11. The minimum atomic E-state index is -0.387.